The zero-order valence-electron chi connectivity index (χ0n) is 14.4. The smallest absolute Gasteiger partial charge is 0.275 e. The number of benzene rings is 2. The molecule has 0 fully saturated rings. The molecule has 0 aliphatic heterocycles. The molecule has 0 saturated heterocycles. The van der Waals surface area contributed by atoms with E-state index >= 15 is 0 Å². The molecule has 0 bridgehead atoms. The molecule has 2 amide bonds. The molecule has 0 aliphatic rings. The van der Waals surface area contributed by atoms with Crippen molar-refractivity contribution in [3.63, 3.8) is 0 Å². The highest BCUT2D eigenvalue weighted by Gasteiger charge is 2.19. The zero-order chi connectivity index (χ0) is 20.4. The normalized spacial score (nSPS) is 10.7. The lowest BCUT2D eigenvalue weighted by molar-refractivity contribution is -0.117. The average Bonchev–Trinajstić information content (AvgIpc) is 2.70. The molecule has 3 rings (SSSR count). The van der Waals surface area contributed by atoms with Crippen molar-refractivity contribution >= 4 is 28.3 Å². The van der Waals surface area contributed by atoms with Crippen molar-refractivity contribution in [2.75, 3.05) is 12.4 Å². The van der Waals surface area contributed by atoms with E-state index in [1.807, 2.05) is 5.32 Å². The molecular weight excluding hydrogens is 377 g/mol. The van der Waals surface area contributed by atoms with Crippen LogP contribution in [0, 0.1) is 17.5 Å². The highest BCUT2D eigenvalue weighted by Crippen LogP contribution is 2.19. The molecule has 1 aromatic heterocycles. The first-order chi connectivity index (χ1) is 13.3. The molecule has 2 aromatic carbocycles. The molecule has 144 valence electrons. The number of nitrogens with one attached hydrogen (secondary N) is 2. The predicted molar refractivity (Wildman–Crippen MR) is 94.3 cm³/mol. The van der Waals surface area contributed by atoms with Gasteiger partial charge in [0.25, 0.3) is 11.5 Å². The lowest BCUT2D eigenvalue weighted by Gasteiger charge is -2.11. The maximum absolute atomic E-state index is 13.7. The minimum atomic E-state index is -1.74. The number of rotatable bonds is 4. The second kappa shape index (κ2) is 7.51. The summed E-state index contributed by atoms with van der Waals surface area (Å²) in [4.78, 5) is 36.8. The van der Waals surface area contributed by atoms with Gasteiger partial charge in [0.05, 0.1) is 11.1 Å². The molecule has 10 heteroatoms. The molecule has 0 atom stereocenters. The van der Waals surface area contributed by atoms with Crippen LogP contribution < -0.4 is 16.2 Å². The Morgan fingerprint density at radius 3 is 2.39 bits per heavy atom. The predicted octanol–water partition coefficient (Wildman–Crippen LogP) is 1.81. The Labute approximate surface area is 155 Å². The largest absolute Gasteiger partial charge is 0.354 e. The van der Waals surface area contributed by atoms with Gasteiger partial charge >= 0.3 is 0 Å². The van der Waals surface area contributed by atoms with Crippen LogP contribution in [0.4, 0.5) is 18.9 Å². The van der Waals surface area contributed by atoms with Crippen molar-refractivity contribution in [1.82, 2.24) is 15.1 Å². The quantitative estimate of drug-likeness (QED) is 0.665. The van der Waals surface area contributed by atoms with Gasteiger partial charge in [-0.15, -0.1) is 0 Å². The molecule has 0 saturated carbocycles. The third-order valence-corrected chi connectivity index (χ3v) is 3.91. The van der Waals surface area contributed by atoms with Crippen molar-refractivity contribution in [2.24, 2.45) is 0 Å². The molecule has 0 aliphatic carbocycles. The molecule has 1 heterocycles. The summed E-state index contributed by atoms with van der Waals surface area (Å²) in [6.45, 7) is -0.675. The van der Waals surface area contributed by atoms with Crippen LogP contribution in [0.3, 0.4) is 0 Å². The summed E-state index contributed by atoms with van der Waals surface area (Å²) in [5, 5.41) is 8.80. The topological polar surface area (TPSA) is 93.1 Å². The summed E-state index contributed by atoms with van der Waals surface area (Å²) in [5.74, 6) is -6.20. The molecule has 0 spiro atoms. The number of hydrogen-bond donors (Lipinski definition) is 2. The van der Waals surface area contributed by atoms with Crippen molar-refractivity contribution < 1.29 is 22.8 Å². The highest BCUT2D eigenvalue weighted by molar-refractivity contribution is 6.04. The van der Waals surface area contributed by atoms with E-state index in [0.29, 0.717) is 11.5 Å². The standard InChI is InChI=1S/C18H13F3N4O3/c1-22-17(27)16-9-4-2-3-5-10(9)18(28)25(24-16)8-13(26)23-12-7-6-11(19)14(20)15(12)21/h2-7H,8H2,1H3,(H,22,27)(H,23,26). The molecule has 2 N–H and O–H groups in total. The number of fused-ring (bicyclic) bond motifs is 1. The van der Waals surface area contributed by atoms with Gasteiger partial charge in [-0.2, -0.15) is 5.10 Å². The van der Waals surface area contributed by atoms with Crippen molar-refractivity contribution in [1.29, 1.82) is 0 Å². The maximum Gasteiger partial charge on any atom is 0.275 e. The summed E-state index contributed by atoms with van der Waals surface area (Å²) >= 11 is 0. The molecule has 3 aromatic rings. The molecular formula is C18H13F3N4O3. The summed E-state index contributed by atoms with van der Waals surface area (Å²) in [6, 6.07) is 7.71. The SMILES string of the molecule is CNC(=O)c1nn(CC(=O)Nc2ccc(F)c(F)c2F)c(=O)c2ccccc12. The molecule has 0 unspecified atom stereocenters. The lowest BCUT2D eigenvalue weighted by Crippen LogP contribution is -2.33. The Morgan fingerprint density at radius 1 is 1.04 bits per heavy atom. The Kier molecular flexibility index (Phi) is 5.12. The van der Waals surface area contributed by atoms with E-state index in [1.54, 1.807) is 12.1 Å². The van der Waals surface area contributed by atoms with E-state index < -0.39 is 47.1 Å². The van der Waals surface area contributed by atoms with Gasteiger partial charge in [-0.1, -0.05) is 18.2 Å². The van der Waals surface area contributed by atoms with E-state index in [1.165, 1.54) is 19.2 Å². The third-order valence-electron chi connectivity index (χ3n) is 3.91. The fraction of sp³-hybridized carbons (Fsp3) is 0.111. The summed E-state index contributed by atoms with van der Waals surface area (Å²) in [5.41, 5.74) is -1.32. The minimum absolute atomic E-state index is 0.0792. The second-order valence-corrected chi connectivity index (χ2v) is 5.71. The molecule has 0 radical (unpaired) electrons. The van der Waals surface area contributed by atoms with Gasteiger partial charge in [-0.25, -0.2) is 17.9 Å². The van der Waals surface area contributed by atoms with Gasteiger partial charge < -0.3 is 10.6 Å². The Hall–Kier alpha value is -3.69. The number of aromatic nitrogens is 2. The van der Waals surface area contributed by atoms with Crippen LogP contribution in [0.25, 0.3) is 10.8 Å². The Morgan fingerprint density at radius 2 is 1.71 bits per heavy atom. The van der Waals surface area contributed by atoms with Crippen LogP contribution in [-0.2, 0) is 11.3 Å². The van der Waals surface area contributed by atoms with Crippen molar-refractivity contribution in [3.8, 4) is 0 Å². The van der Waals surface area contributed by atoms with Crippen LogP contribution in [0.5, 0.6) is 0 Å². The van der Waals surface area contributed by atoms with E-state index in [-0.39, 0.29) is 11.1 Å². The molecule has 28 heavy (non-hydrogen) atoms. The van der Waals surface area contributed by atoms with Crippen LogP contribution >= 0.6 is 0 Å². The molecule has 7 nitrogen and oxygen atoms in total. The second-order valence-electron chi connectivity index (χ2n) is 5.71. The Bertz CT molecular complexity index is 1160. The highest BCUT2D eigenvalue weighted by atomic mass is 19.2. The first kappa shape index (κ1) is 19.1. The number of carbonyl (C=O) groups excluding carboxylic acids is 2. The number of nitrogens with zero attached hydrogens (tertiary/aromatic N) is 2. The minimum Gasteiger partial charge on any atom is -0.354 e. The van der Waals surface area contributed by atoms with Gasteiger partial charge in [0.15, 0.2) is 23.1 Å². The van der Waals surface area contributed by atoms with Crippen LogP contribution in [0.1, 0.15) is 10.5 Å². The van der Waals surface area contributed by atoms with Gasteiger partial charge in [-0.3, -0.25) is 14.4 Å². The number of halogens is 3. The fourth-order valence-electron chi connectivity index (χ4n) is 2.58. The van der Waals surface area contributed by atoms with Crippen LogP contribution in [0.15, 0.2) is 41.2 Å². The van der Waals surface area contributed by atoms with Crippen molar-refractivity contribution in [2.45, 2.75) is 6.54 Å². The first-order valence-corrected chi connectivity index (χ1v) is 7.98. The van der Waals surface area contributed by atoms with Gasteiger partial charge in [0, 0.05) is 12.4 Å². The van der Waals surface area contributed by atoms with E-state index in [9.17, 15) is 27.6 Å². The number of hydrogen-bond acceptors (Lipinski definition) is 4. The maximum atomic E-state index is 13.7. The van der Waals surface area contributed by atoms with E-state index in [0.717, 1.165) is 10.7 Å². The van der Waals surface area contributed by atoms with Crippen LogP contribution in [0.2, 0.25) is 0 Å². The van der Waals surface area contributed by atoms with E-state index in [4.69, 9.17) is 0 Å². The summed E-state index contributed by atoms with van der Waals surface area (Å²) in [6.07, 6.45) is 0. The summed E-state index contributed by atoms with van der Waals surface area (Å²) < 4.78 is 40.7. The fourth-order valence-corrected chi connectivity index (χ4v) is 2.58. The van der Waals surface area contributed by atoms with Crippen LogP contribution in [-0.4, -0.2) is 28.6 Å². The average molecular weight is 390 g/mol. The zero-order valence-corrected chi connectivity index (χ0v) is 14.4. The number of anilines is 1. The monoisotopic (exact) mass is 390 g/mol. The number of carbonyl (C=O) groups is 2. The lowest BCUT2D eigenvalue weighted by atomic mass is 10.1. The van der Waals surface area contributed by atoms with Gasteiger partial charge in [-0.05, 0) is 18.2 Å². The van der Waals surface area contributed by atoms with Crippen molar-refractivity contribution in [3.05, 3.63) is 69.9 Å². The van der Waals surface area contributed by atoms with E-state index in [2.05, 4.69) is 10.4 Å². The Balaban J connectivity index is 1.97. The van der Waals surface area contributed by atoms with Gasteiger partial charge in [0.1, 0.15) is 6.54 Å². The van der Waals surface area contributed by atoms with Gasteiger partial charge in [0.2, 0.25) is 5.91 Å². The number of amides is 2. The third kappa shape index (κ3) is 3.43. The summed E-state index contributed by atoms with van der Waals surface area (Å²) in [7, 11) is 1.38. The first-order valence-electron chi connectivity index (χ1n) is 7.98.